The quantitative estimate of drug-likeness (QED) is 0.361. The highest BCUT2D eigenvalue weighted by molar-refractivity contribution is 5.70. The van der Waals surface area contributed by atoms with Crippen LogP contribution in [0, 0.1) is 12.8 Å². The molecule has 0 aliphatic carbocycles. The van der Waals surface area contributed by atoms with Crippen LogP contribution in [0.15, 0.2) is 24.3 Å². The molecule has 0 saturated carbocycles. The van der Waals surface area contributed by atoms with Crippen molar-refractivity contribution in [3.05, 3.63) is 63.4 Å². The SMILES string of the molecule is Cc1ccc(CN2c3c(/C=c4/c(C(C)(C)C)nn5nc(C(C)C)nc45)c(C(C)(C)C)[nH][n+]3NC2C(C)C)cc1. The van der Waals surface area contributed by atoms with Crippen LogP contribution in [-0.2, 0) is 17.4 Å². The topological polar surface area (TPSA) is 78.0 Å². The van der Waals surface area contributed by atoms with Crippen molar-refractivity contribution in [1.82, 2.24) is 24.9 Å². The minimum atomic E-state index is -0.166. The van der Waals surface area contributed by atoms with Crippen molar-refractivity contribution >= 4 is 17.5 Å². The first-order valence-corrected chi connectivity index (χ1v) is 14.2. The number of hydrogen-bond acceptors (Lipinski definition) is 5. The van der Waals surface area contributed by atoms with Gasteiger partial charge < -0.3 is 0 Å². The molecule has 0 saturated heterocycles. The van der Waals surface area contributed by atoms with Crippen LogP contribution in [0.1, 0.15) is 109 Å². The molecule has 4 heterocycles. The molecule has 0 bridgehead atoms. The van der Waals surface area contributed by atoms with E-state index in [1.54, 1.807) is 4.63 Å². The number of H-pyrrole nitrogens is 1. The third-order valence-corrected chi connectivity index (χ3v) is 7.48. The largest absolute Gasteiger partial charge is 0.331 e. The molecule has 3 aromatic heterocycles. The van der Waals surface area contributed by atoms with E-state index in [-0.39, 0.29) is 22.9 Å². The Hall–Kier alpha value is -3.42. The van der Waals surface area contributed by atoms with E-state index in [9.17, 15) is 0 Å². The smallest absolute Gasteiger partial charge is 0.229 e. The van der Waals surface area contributed by atoms with E-state index in [0.29, 0.717) is 5.92 Å². The monoisotopic (exact) mass is 529 g/mol. The maximum Gasteiger partial charge on any atom is 0.331 e. The normalized spacial score (nSPS) is 16.7. The molecule has 1 aromatic carbocycles. The molecule has 8 nitrogen and oxygen atoms in total. The van der Waals surface area contributed by atoms with Gasteiger partial charge in [-0.15, -0.1) is 9.73 Å². The highest BCUT2D eigenvalue weighted by Gasteiger charge is 2.45. The average Bonchev–Trinajstić information content (AvgIpc) is 3.55. The van der Waals surface area contributed by atoms with Gasteiger partial charge in [-0.1, -0.05) is 99.1 Å². The van der Waals surface area contributed by atoms with Gasteiger partial charge in [-0.25, -0.2) is 15.0 Å². The lowest BCUT2D eigenvalue weighted by atomic mass is 9.87. The first-order chi connectivity index (χ1) is 18.1. The number of rotatable bonds is 5. The van der Waals surface area contributed by atoms with Crippen LogP contribution in [0.25, 0.3) is 11.7 Å². The number of nitrogens with zero attached hydrogens (tertiary/aromatic N) is 6. The summed E-state index contributed by atoms with van der Waals surface area (Å²) in [5, 5.41) is 14.5. The van der Waals surface area contributed by atoms with Crippen LogP contribution in [0.2, 0.25) is 0 Å². The van der Waals surface area contributed by atoms with Crippen molar-refractivity contribution in [1.29, 1.82) is 0 Å². The lowest BCUT2D eigenvalue weighted by molar-refractivity contribution is -0.688. The van der Waals surface area contributed by atoms with Crippen molar-refractivity contribution in [3.63, 3.8) is 0 Å². The molecule has 1 aliphatic heterocycles. The second-order valence-electron chi connectivity index (χ2n) is 13.8. The third-order valence-electron chi connectivity index (χ3n) is 7.48. The van der Waals surface area contributed by atoms with Gasteiger partial charge in [0.25, 0.3) is 0 Å². The Bertz CT molecular complexity index is 1540. The molecular weight excluding hydrogens is 484 g/mol. The van der Waals surface area contributed by atoms with Crippen molar-refractivity contribution < 1.29 is 4.79 Å². The minimum absolute atomic E-state index is 0.108. The summed E-state index contributed by atoms with van der Waals surface area (Å²) in [4.78, 5) is 9.59. The lowest BCUT2D eigenvalue weighted by Crippen LogP contribution is -2.49. The number of benzene rings is 1. The highest BCUT2D eigenvalue weighted by Crippen LogP contribution is 2.35. The van der Waals surface area contributed by atoms with E-state index in [0.717, 1.165) is 34.7 Å². The van der Waals surface area contributed by atoms with Crippen LogP contribution < -0.4 is 20.3 Å². The Morgan fingerprint density at radius 3 is 2.21 bits per heavy atom. The summed E-state index contributed by atoms with van der Waals surface area (Å²) in [6, 6.07) is 8.87. The molecule has 39 heavy (non-hydrogen) atoms. The molecule has 2 N–H and O–H groups in total. The average molecular weight is 530 g/mol. The predicted octanol–water partition coefficient (Wildman–Crippen LogP) is 4.86. The van der Waals surface area contributed by atoms with Crippen molar-refractivity contribution in [2.24, 2.45) is 5.92 Å². The Kier molecular flexibility index (Phi) is 6.51. The Balaban J connectivity index is 1.78. The molecule has 0 fully saturated rings. The number of nitrogens with one attached hydrogen (secondary N) is 2. The number of hydrogen-bond donors (Lipinski definition) is 2. The van der Waals surface area contributed by atoms with Gasteiger partial charge in [0.1, 0.15) is 6.54 Å². The first-order valence-electron chi connectivity index (χ1n) is 14.2. The van der Waals surface area contributed by atoms with E-state index in [2.05, 4.69) is 127 Å². The van der Waals surface area contributed by atoms with E-state index in [1.807, 2.05) is 0 Å². The molecule has 0 radical (unpaired) electrons. The lowest BCUT2D eigenvalue weighted by Gasteiger charge is -2.23. The van der Waals surface area contributed by atoms with Gasteiger partial charge in [-0.3, -0.25) is 0 Å². The third kappa shape index (κ3) is 4.90. The number of aryl methyl sites for hydroxylation is 1. The van der Waals surface area contributed by atoms with Gasteiger partial charge in [0.2, 0.25) is 6.17 Å². The molecule has 5 rings (SSSR count). The molecule has 1 atom stereocenters. The Morgan fingerprint density at radius 2 is 1.64 bits per heavy atom. The summed E-state index contributed by atoms with van der Waals surface area (Å²) in [5.74, 6) is 2.59. The molecule has 0 spiro atoms. The molecule has 8 heteroatoms. The summed E-state index contributed by atoms with van der Waals surface area (Å²) in [5.41, 5.74) is 10.2. The second kappa shape index (κ2) is 9.35. The van der Waals surface area contributed by atoms with Crippen molar-refractivity contribution in [2.75, 3.05) is 10.3 Å². The van der Waals surface area contributed by atoms with Gasteiger partial charge in [-0.05, 0) is 23.4 Å². The van der Waals surface area contributed by atoms with Gasteiger partial charge in [-0.2, -0.15) is 10.5 Å². The van der Waals surface area contributed by atoms with Gasteiger partial charge in [0.15, 0.2) is 11.5 Å². The number of aromatic amines is 1. The molecular formula is C31H45N8+. The fourth-order valence-electron chi connectivity index (χ4n) is 5.34. The van der Waals surface area contributed by atoms with Crippen molar-refractivity contribution in [3.8, 4) is 0 Å². The molecule has 208 valence electrons. The minimum Gasteiger partial charge on any atom is -0.229 e. The number of fused-ring (bicyclic) bond motifs is 2. The maximum atomic E-state index is 4.96. The number of aromatic nitrogens is 6. The van der Waals surface area contributed by atoms with Crippen LogP contribution >= 0.6 is 0 Å². The summed E-state index contributed by atoms with van der Waals surface area (Å²) >= 11 is 0. The fourth-order valence-corrected chi connectivity index (χ4v) is 5.34. The predicted molar refractivity (Wildman–Crippen MR) is 157 cm³/mol. The van der Waals surface area contributed by atoms with Crippen molar-refractivity contribution in [2.45, 2.75) is 106 Å². The maximum absolute atomic E-state index is 4.96. The molecule has 1 unspecified atom stereocenters. The summed E-state index contributed by atoms with van der Waals surface area (Å²) < 4.78 is 1.73. The zero-order valence-electron chi connectivity index (χ0n) is 25.5. The van der Waals surface area contributed by atoms with Gasteiger partial charge in [0.05, 0.1) is 17.0 Å². The van der Waals surface area contributed by atoms with Crippen LogP contribution in [0.4, 0.5) is 5.82 Å². The van der Waals surface area contributed by atoms with E-state index in [1.165, 1.54) is 22.4 Å². The second-order valence-corrected chi connectivity index (χ2v) is 13.8. The highest BCUT2D eigenvalue weighted by atomic mass is 15.7. The van der Waals surface area contributed by atoms with Crippen LogP contribution in [-0.4, -0.2) is 31.1 Å². The van der Waals surface area contributed by atoms with E-state index >= 15 is 0 Å². The summed E-state index contributed by atoms with van der Waals surface area (Å²) in [6.07, 6.45) is 2.45. The van der Waals surface area contributed by atoms with Gasteiger partial charge in [0, 0.05) is 27.9 Å². The van der Waals surface area contributed by atoms with E-state index in [4.69, 9.17) is 15.2 Å². The molecule has 1 aliphatic rings. The van der Waals surface area contributed by atoms with Crippen LogP contribution in [0.3, 0.4) is 0 Å². The summed E-state index contributed by atoms with van der Waals surface area (Å²) in [7, 11) is 0. The number of anilines is 1. The first kappa shape index (κ1) is 27.2. The Morgan fingerprint density at radius 1 is 0.974 bits per heavy atom. The fraction of sp³-hybridized carbons (Fsp3) is 0.548. The van der Waals surface area contributed by atoms with Crippen LogP contribution in [0.5, 0.6) is 0 Å². The standard InChI is InChI=1S/C31H44N8/c1-18(2)26-32-28-22(24(30(6,7)8)33-38(28)35-26)16-23-25(31(9,10)11)34-39-29(23)37(27(36-39)19(3)4)17-21-14-12-20(5)13-15-21/h12-16,18-19,27,36H,17H2,1-11H3/p+1/b22-16-. The zero-order chi connectivity index (χ0) is 28.4. The Labute approximate surface area is 232 Å². The molecule has 4 aromatic rings. The summed E-state index contributed by atoms with van der Waals surface area (Å²) in [6.45, 7) is 25.1. The van der Waals surface area contributed by atoms with Gasteiger partial charge >= 0.3 is 5.82 Å². The van der Waals surface area contributed by atoms with E-state index < -0.39 is 0 Å². The molecule has 0 amide bonds. The zero-order valence-corrected chi connectivity index (χ0v) is 25.5.